The van der Waals surface area contributed by atoms with Crippen molar-refractivity contribution in [3.8, 4) is 0 Å². The predicted octanol–water partition coefficient (Wildman–Crippen LogP) is 3.17. The molecule has 1 N–H and O–H groups in total. The molecule has 18 heavy (non-hydrogen) atoms. The maximum atomic E-state index is 4.53. The van der Waals surface area contributed by atoms with E-state index >= 15 is 0 Å². The second-order valence-electron chi connectivity index (χ2n) is 5.21. The van der Waals surface area contributed by atoms with Crippen molar-refractivity contribution in [3.63, 3.8) is 0 Å². The molecule has 104 valence electrons. The van der Waals surface area contributed by atoms with Crippen LogP contribution in [0.3, 0.4) is 0 Å². The SMILES string of the molecule is CCCNC(C)C(CC)Cc1cc(C)nn1CC. The summed E-state index contributed by atoms with van der Waals surface area (Å²) in [7, 11) is 0. The molecular weight excluding hydrogens is 222 g/mol. The molecule has 3 heteroatoms. The molecule has 0 saturated carbocycles. The molecule has 0 amide bonds. The third-order valence-corrected chi connectivity index (χ3v) is 3.70. The van der Waals surface area contributed by atoms with Gasteiger partial charge in [-0.2, -0.15) is 5.10 Å². The van der Waals surface area contributed by atoms with E-state index in [1.54, 1.807) is 0 Å². The van der Waals surface area contributed by atoms with Crippen LogP contribution in [-0.4, -0.2) is 22.4 Å². The lowest BCUT2D eigenvalue weighted by Gasteiger charge is -2.24. The van der Waals surface area contributed by atoms with Crippen LogP contribution in [0.15, 0.2) is 6.07 Å². The summed E-state index contributed by atoms with van der Waals surface area (Å²) in [4.78, 5) is 0. The molecule has 1 aromatic rings. The van der Waals surface area contributed by atoms with E-state index in [2.05, 4.69) is 55.8 Å². The summed E-state index contributed by atoms with van der Waals surface area (Å²) in [5, 5.41) is 8.15. The van der Waals surface area contributed by atoms with E-state index in [0.717, 1.165) is 25.2 Å². The molecule has 0 aromatic carbocycles. The van der Waals surface area contributed by atoms with Crippen LogP contribution in [0.4, 0.5) is 0 Å². The Morgan fingerprint density at radius 2 is 2.06 bits per heavy atom. The van der Waals surface area contributed by atoms with Crippen molar-refractivity contribution in [3.05, 3.63) is 17.5 Å². The average molecular weight is 251 g/mol. The highest BCUT2D eigenvalue weighted by Gasteiger charge is 2.17. The molecule has 1 heterocycles. The highest BCUT2D eigenvalue weighted by molar-refractivity contribution is 5.10. The van der Waals surface area contributed by atoms with Crippen molar-refractivity contribution < 1.29 is 0 Å². The van der Waals surface area contributed by atoms with E-state index in [1.807, 2.05) is 0 Å². The zero-order chi connectivity index (χ0) is 13.5. The van der Waals surface area contributed by atoms with Crippen LogP contribution < -0.4 is 5.32 Å². The molecule has 0 radical (unpaired) electrons. The molecule has 1 aromatic heterocycles. The van der Waals surface area contributed by atoms with E-state index in [4.69, 9.17) is 0 Å². The first-order valence-corrected chi connectivity index (χ1v) is 7.39. The van der Waals surface area contributed by atoms with Gasteiger partial charge in [-0.05, 0) is 52.1 Å². The zero-order valence-electron chi connectivity index (χ0n) is 12.7. The van der Waals surface area contributed by atoms with E-state index in [0.29, 0.717) is 12.0 Å². The summed E-state index contributed by atoms with van der Waals surface area (Å²) >= 11 is 0. The molecule has 0 saturated heterocycles. The Hall–Kier alpha value is -0.830. The van der Waals surface area contributed by atoms with Gasteiger partial charge in [-0.1, -0.05) is 20.3 Å². The molecule has 0 aliphatic carbocycles. The van der Waals surface area contributed by atoms with Gasteiger partial charge in [-0.15, -0.1) is 0 Å². The zero-order valence-corrected chi connectivity index (χ0v) is 12.7. The number of nitrogens with one attached hydrogen (secondary N) is 1. The number of hydrogen-bond acceptors (Lipinski definition) is 2. The molecule has 0 fully saturated rings. The minimum absolute atomic E-state index is 0.579. The fourth-order valence-electron chi connectivity index (χ4n) is 2.52. The van der Waals surface area contributed by atoms with E-state index in [1.165, 1.54) is 18.5 Å². The van der Waals surface area contributed by atoms with Gasteiger partial charge in [0.1, 0.15) is 0 Å². The predicted molar refractivity (Wildman–Crippen MR) is 77.9 cm³/mol. The van der Waals surface area contributed by atoms with Crippen LogP contribution in [0.1, 0.15) is 51.9 Å². The topological polar surface area (TPSA) is 29.9 Å². The lowest BCUT2D eigenvalue weighted by Crippen LogP contribution is -2.35. The molecule has 0 bridgehead atoms. The van der Waals surface area contributed by atoms with Crippen LogP contribution in [-0.2, 0) is 13.0 Å². The minimum Gasteiger partial charge on any atom is -0.314 e. The van der Waals surface area contributed by atoms with Crippen LogP contribution in [0, 0.1) is 12.8 Å². The first-order chi connectivity index (χ1) is 8.62. The Kier molecular flexibility index (Phi) is 6.41. The van der Waals surface area contributed by atoms with Crippen molar-refractivity contribution >= 4 is 0 Å². The van der Waals surface area contributed by atoms with Crippen LogP contribution >= 0.6 is 0 Å². The highest BCUT2D eigenvalue weighted by Crippen LogP contribution is 2.17. The molecule has 0 aliphatic heterocycles. The molecule has 2 unspecified atom stereocenters. The fourth-order valence-corrected chi connectivity index (χ4v) is 2.52. The number of rotatable bonds is 8. The Morgan fingerprint density at radius 3 is 2.61 bits per heavy atom. The normalized spacial score (nSPS) is 14.7. The van der Waals surface area contributed by atoms with Crippen molar-refractivity contribution in [2.75, 3.05) is 6.54 Å². The lowest BCUT2D eigenvalue weighted by molar-refractivity contribution is 0.354. The van der Waals surface area contributed by atoms with Crippen molar-refractivity contribution in [1.29, 1.82) is 0 Å². The van der Waals surface area contributed by atoms with Crippen LogP contribution in [0.5, 0.6) is 0 Å². The summed E-state index contributed by atoms with van der Waals surface area (Å²) in [6.45, 7) is 13.1. The number of aromatic nitrogens is 2. The largest absolute Gasteiger partial charge is 0.314 e. The van der Waals surface area contributed by atoms with Gasteiger partial charge in [0.2, 0.25) is 0 Å². The summed E-state index contributed by atoms with van der Waals surface area (Å²) in [5.74, 6) is 0.693. The second-order valence-corrected chi connectivity index (χ2v) is 5.21. The third-order valence-electron chi connectivity index (χ3n) is 3.70. The number of aryl methyl sites for hydroxylation is 2. The van der Waals surface area contributed by atoms with Gasteiger partial charge in [0.15, 0.2) is 0 Å². The van der Waals surface area contributed by atoms with E-state index in [9.17, 15) is 0 Å². The van der Waals surface area contributed by atoms with Gasteiger partial charge in [0, 0.05) is 18.3 Å². The van der Waals surface area contributed by atoms with Crippen molar-refractivity contribution in [2.45, 2.75) is 66.5 Å². The van der Waals surface area contributed by atoms with E-state index < -0.39 is 0 Å². The second kappa shape index (κ2) is 7.57. The molecule has 2 atom stereocenters. The van der Waals surface area contributed by atoms with E-state index in [-0.39, 0.29) is 0 Å². The molecule has 0 spiro atoms. The smallest absolute Gasteiger partial charge is 0.0596 e. The highest BCUT2D eigenvalue weighted by atomic mass is 15.3. The molecule has 0 aliphatic rings. The average Bonchev–Trinajstić information content (AvgIpc) is 2.73. The van der Waals surface area contributed by atoms with Crippen molar-refractivity contribution in [2.24, 2.45) is 5.92 Å². The van der Waals surface area contributed by atoms with Crippen LogP contribution in [0.25, 0.3) is 0 Å². The van der Waals surface area contributed by atoms with Crippen LogP contribution in [0.2, 0.25) is 0 Å². The number of nitrogens with zero attached hydrogens (tertiary/aromatic N) is 2. The third kappa shape index (κ3) is 4.13. The Bertz CT molecular complexity index is 344. The van der Waals surface area contributed by atoms with Gasteiger partial charge < -0.3 is 5.32 Å². The van der Waals surface area contributed by atoms with Gasteiger partial charge in [0.25, 0.3) is 0 Å². The monoisotopic (exact) mass is 251 g/mol. The Labute approximate surface area is 112 Å². The number of hydrogen-bond donors (Lipinski definition) is 1. The first kappa shape index (κ1) is 15.2. The lowest BCUT2D eigenvalue weighted by atomic mass is 9.92. The summed E-state index contributed by atoms with van der Waals surface area (Å²) in [6.07, 6.45) is 3.54. The van der Waals surface area contributed by atoms with Gasteiger partial charge in [-0.3, -0.25) is 4.68 Å². The van der Waals surface area contributed by atoms with Gasteiger partial charge in [0.05, 0.1) is 5.69 Å². The molecule has 3 nitrogen and oxygen atoms in total. The Balaban J connectivity index is 2.66. The van der Waals surface area contributed by atoms with Gasteiger partial charge >= 0.3 is 0 Å². The summed E-state index contributed by atoms with van der Waals surface area (Å²) < 4.78 is 2.14. The maximum absolute atomic E-state index is 4.53. The fraction of sp³-hybridized carbons (Fsp3) is 0.800. The minimum atomic E-state index is 0.579. The molecular formula is C15H29N3. The van der Waals surface area contributed by atoms with Gasteiger partial charge in [-0.25, -0.2) is 0 Å². The Morgan fingerprint density at radius 1 is 1.33 bits per heavy atom. The first-order valence-electron chi connectivity index (χ1n) is 7.39. The summed E-state index contributed by atoms with van der Waals surface area (Å²) in [5.41, 5.74) is 2.52. The quantitative estimate of drug-likeness (QED) is 0.769. The summed E-state index contributed by atoms with van der Waals surface area (Å²) in [6, 6.07) is 2.81. The standard InChI is InChI=1S/C15H29N3/c1-6-9-16-13(5)14(7-2)11-15-10-12(4)17-18(15)8-3/h10,13-14,16H,6-9,11H2,1-5H3. The molecule has 1 rings (SSSR count). The van der Waals surface area contributed by atoms with Crippen molar-refractivity contribution in [1.82, 2.24) is 15.1 Å². The maximum Gasteiger partial charge on any atom is 0.0596 e.